The van der Waals surface area contributed by atoms with Crippen LogP contribution in [-0.2, 0) is 28.6 Å². The fraction of sp³-hybridized carbons (Fsp3) is 0.800. The van der Waals surface area contributed by atoms with Crippen LogP contribution in [0, 0.1) is 0 Å². The molecule has 0 aromatic rings. The smallest absolute Gasteiger partial charge is 0.306 e. The Balaban J connectivity index is 4.10. The third-order valence-corrected chi connectivity index (χ3v) is 13.5. The van der Waals surface area contributed by atoms with Crippen LogP contribution in [0.25, 0.3) is 0 Å². The molecule has 412 valence electrons. The molecule has 6 nitrogen and oxygen atoms in total. The Labute approximate surface area is 440 Å². The van der Waals surface area contributed by atoms with E-state index >= 15 is 0 Å². The van der Waals surface area contributed by atoms with Crippen molar-refractivity contribution in [2.75, 3.05) is 13.2 Å². The van der Waals surface area contributed by atoms with Gasteiger partial charge in [0, 0.05) is 19.3 Å². The van der Waals surface area contributed by atoms with Crippen LogP contribution in [0.1, 0.15) is 316 Å². The summed E-state index contributed by atoms with van der Waals surface area (Å²) in [6, 6.07) is 0. The Morgan fingerprint density at radius 2 is 0.549 bits per heavy atom. The summed E-state index contributed by atoms with van der Waals surface area (Å²) in [5.41, 5.74) is 0. The predicted octanol–water partition coefficient (Wildman–Crippen LogP) is 20.8. The Morgan fingerprint density at radius 3 is 0.859 bits per heavy atom. The molecule has 0 aliphatic carbocycles. The molecule has 0 spiro atoms. The summed E-state index contributed by atoms with van der Waals surface area (Å²) >= 11 is 0. The minimum atomic E-state index is -0.776. The van der Waals surface area contributed by atoms with Crippen LogP contribution in [0.5, 0.6) is 0 Å². The van der Waals surface area contributed by atoms with Crippen molar-refractivity contribution in [3.63, 3.8) is 0 Å². The number of hydrogen-bond acceptors (Lipinski definition) is 6. The second-order valence-corrected chi connectivity index (χ2v) is 20.6. The highest BCUT2D eigenvalue weighted by atomic mass is 16.6. The molecule has 0 saturated carbocycles. The van der Waals surface area contributed by atoms with E-state index in [9.17, 15) is 14.4 Å². The van der Waals surface area contributed by atoms with Gasteiger partial charge in [-0.1, -0.05) is 293 Å². The molecule has 0 fully saturated rings. The predicted molar refractivity (Wildman–Crippen MR) is 307 cm³/mol. The third kappa shape index (κ3) is 57.9. The molecule has 0 rings (SSSR count). The Bertz CT molecular complexity index is 1280. The summed E-state index contributed by atoms with van der Waals surface area (Å²) in [5.74, 6) is -0.882. The van der Waals surface area contributed by atoms with E-state index < -0.39 is 6.10 Å². The Hall–Kier alpha value is -2.89. The summed E-state index contributed by atoms with van der Waals surface area (Å²) in [7, 11) is 0. The van der Waals surface area contributed by atoms with Crippen molar-refractivity contribution in [1.29, 1.82) is 0 Å². The van der Waals surface area contributed by atoms with Crippen LogP contribution in [-0.4, -0.2) is 37.2 Å². The van der Waals surface area contributed by atoms with E-state index in [1.165, 1.54) is 180 Å². The molecular formula is C65H116O6. The minimum Gasteiger partial charge on any atom is -0.462 e. The second-order valence-electron chi connectivity index (χ2n) is 20.6. The fourth-order valence-corrected chi connectivity index (χ4v) is 8.94. The molecule has 0 saturated heterocycles. The van der Waals surface area contributed by atoms with Gasteiger partial charge in [0.1, 0.15) is 13.2 Å². The van der Waals surface area contributed by atoms with Gasteiger partial charge in [-0.3, -0.25) is 14.4 Å². The maximum atomic E-state index is 12.8. The first kappa shape index (κ1) is 68.1. The summed E-state index contributed by atoms with van der Waals surface area (Å²) in [5, 5.41) is 0. The zero-order valence-corrected chi connectivity index (χ0v) is 47.2. The molecule has 1 unspecified atom stereocenters. The van der Waals surface area contributed by atoms with Gasteiger partial charge >= 0.3 is 17.9 Å². The Kier molecular flexibility index (Phi) is 57.2. The van der Waals surface area contributed by atoms with Crippen LogP contribution < -0.4 is 0 Å². The van der Waals surface area contributed by atoms with Crippen LogP contribution in [0.4, 0.5) is 0 Å². The number of esters is 3. The van der Waals surface area contributed by atoms with E-state index in [4.69, 9.17) is 14.2 Å². The lowest BCUT2D eigenvalue weighted by Gasteiger charge is -2.18. The zero-order valence-electron chi connectivity index (χ0n) is 47.2. The van der Waals surface area contributed by atoms with Crippen molar-refractivity contribution in [3.05, 3.63) is 60.8 Å². The third-order valence-electron chi connectivity index (χ3n) is 13.5. The average molecular weight is 994 g/mol. The van der Waals surface area contributed by atoms with Gasteiger partial charge < -0.3 is 14.2 Å². The number of carbonyl (C=O) groups is 3. The van der Waals surface area contributed by atoms with Gasteiger partial charge in [-0.25, -0.2) is 0 Å². The SMILES string of the molecule is CC/C=C\C/C=C\C/C=C\C/C=C\C/C=C\CCCCCCCCCC(=O)OC(COC(=O)CCCCCCCC)COC(=O)CCCCCCCCCCCCCCCCCCCCCCCCCC. The lowest BCUT2D eigenvalue weighted by molar-refractivity contribution is -0.167. The van der Waals surface area contributed by atoms with Gasteiger partial charge in [0.25, 0.3) is 0 Å². The summed E-state index contributed by atoms with van der Waals surface area (Å²) < 4.78 is 16.8. The molecule has 0 aromatic heterocycles. The van der Waals surface area contributed by atoms with Gasteiger partial charge in [-0.15, -0.1) is 0 Å². The average Bonchev–Trinajstić information content (AvgIpc) is 3.37. The number of hydrogen-bond donors (Lipinski definition) is 0. The van der Waals surface area contributed by atoms with Crippen molar-refractivity contribution in [3.8, 4) is 0 Å². The van der Waals surface area contributed by atoms with E-state index in [1.807, 2.05) is 0 Å². The highest BCUT2D eigenvalue weighted by molar-refractivity contribution is 5.71. The number of allylic oxidation sites excluding steroid dienone is 10. The van der Waals surface area contributed by atoms with Gasteiger partial charge in [0.2, 0.25) is 0 Å². The van der Waals surface area contributed by atoms with Crippen molar-refractivity contribution in [2.24, 2.45) is 0 Å². The normalized spacial score (nSPS) is 12.4. The standard InChI is InChI=1S/C65H116O6/c1-4-7-10-13-16-18-20-22-24-26-28-30-32-34-35-37-39-41-43-45-47-49-52-55-58-64(67)70-61-62(60-69-63(66)57-54-51-15-12-9-6-3)71-65(68)59-56-53-50-48-46-44-42-40-38-36-33-31-29-27-25-23-21-19-17-14-11-8-5-2/h8,11,17,19,23,25,29,31,36,38,62H,4-7,9-10,12-16,18,20-22,24,26-28,30,32-35,37,39-61H2,1-3H3/b11-8-,19-17-,25-23-,31-29-,38-36-. The maximum Gasteiger partial charge on any atom is 0.306 e. The highest BCUT2D eigenvalue weighted by Crippen LogP contribution is 2.17. The van der Waals surface area contributed by atoms with Crippen LogP contribution in [0.2, 0.25) is 0 Å². The molecule has 0 N–H and O–H groups in total. The van der Waals surface area contributed by atoms with Crippen LogP contribution >= 0.6 is 0 Å². The lowest BCUT2D eigenvalue weighted by atomic mass is 10.0. The minimum absolute atomic E-state index is 0.0755. The molecule has 1 atom stereocenters. The van der Waals surface area contributed by atoms with Crippen molar-refractivity contribution in [1.82, 2.24) is 0 Å². The zero-order chi connectivity index (χ0) is 51.4. The molecule has 0 radical (unpaired) electrons. The first-order valence-electron chi connectivity index (χ1n) is 30.8. The van der Waals surface area contributed by atoms with Gasteiger partial charge in [0.05, 0.1) is 0 Å². The first-order chi connectivity index (χ1) is 35.0. The topological polar surface area (TPSA) is 78.9 Å². The maximum absolute atomic E-state index is 12.8. The molecule has 0 aliphatic heterocycles. The second kappa shape index (κ2) is 59.7. The molecule has 0 heterocycles. The highest BCUT2D eigenvalue weighted by Gasteiger charge is 2.19. The number of carbonyl (C=O) groups excluding carboxylic acids is 3. The monoisotopic (exact) mass is 993 g/mol. The van der Waals surface area contributed by atoms with Crippen molar-refractivity contribution in [2.45, 2.75) is 322 Å². The molecule has 6 heteroatoms. The molecule has 0 amide bonds. The number of ether oxygens (including phenoxy) is 3. The molecular weight excluding hydrogens is 877 g/mol. The molecule has 71 heavy (non-hydrogen) atoms. The van der Waals surface area contributed by atoms with E-state index in [0.29, 0.717) is 19.3 Å². The molecule has 0 aromatic carbocycles. The van der Waals surface area contributed by atoms with Crippen molar-refractivity contribution < 1.29 is 28.6 Å². The van der Waals surface area contributed by atoms with E-state index in [1.54, 1.807) is 0 Å². The summed E-state index contributed by atoms with van der Waals surface area (Å²) in [6.07, 6.45) is 75.5. The van der Waals surface area contributed by atoms with E-state index in [2.05, 4.69) is 81.5 Å². The number of unbranched alkanes of at least 4 members (excludes halogenated alkanes) is 35. The van der Waals surface area contributed by atoms with E-state index in [0.717, 1.165) is 96.3 Å². The molecule has 0 aliphatic rings. The summed E-state index contributed by atoms with van der Waals surface area (Å²) in [6.45, 7) is 6.50. The fourth-order valence-electron chi connectivity index (χ4n) is 8.94. The van der Waals surface area contributed by atoms with Gasteiger partial charge in [0.15, 0.2) is 6.10 Å². The Morgan fingerprint density at radius 1 is 0.296 bits per heavy atom. The van der Waals surface area contributed by atoms with Gasteiger partial charge in [-0.2, -0.15) is 0 Å². The van der Waals surface area contributed by atoms with Crippen LogP contribution in [0.15, 0.2) is 60.8 Å². The lowest BCUT2D eigenvalue weighted by Crippen LogP contribution is -2.30. The first-order valence-corrected chi connectivity index (χ1v) is 30.8. The van der Waals surface area contributed by atoms with Crippen molar-refractivity contribution >= 4 is 17.9 Å². The summed E-state index contributed by atoms with van der Waals surface area (Å²) in [4.78, 5) is 38.0. The van der Waals surface area contributed by atoms with Gasteiger partial charge in [-0.05, 0) is 64.2 Å². The number of rotatable bonds is 56. The quantitative estimate of drug-likeness (QED) is 0.0261. The largest absolute Gasteiger partial charge is 0.462 e. The van der Waals surface area contributed by atoms with Crippen LogP contribution in [0.3, 0.4) is 0 Å². The van der Waals surface area contributed by atoms with E-state index in [-0.39, 0.29) is 31.1 Å². The molecule has 0 bridgehead atoms.